The summed E-state index contributed by atoms with van der Waals surface area (Å²) in [7, 11) is 3.22. The number of aliphatic imine (C=N–C) groups is 1. The predicted molar refractivity (Wildman–Crippen MR) is 176 cm³/mol. The average molecular weight is 675 g/mol. The molecule has 45 heavy (non-hydrogen) atoms. The van der Waals surface area contributed by atoms with Gasteiger partial charge in [0.2, 0.25) is 5.90 Å². The van der Waals surface area contributed by atoms with E-state index in [0.29, 0.717) is 48.3 Å². The molecule has 5 rings (SSSR count). The second-order valence-corrected chi connectivity index (χ2v) is 11.4. The van der Waals surface area contributed by atoms with Crippen LogP contribution in [0, 0.1) is 0 Å². The Morgan fingerprint density at radius 3 is 2.47 bits per heavy atom. The van der Waals surface area contributed by atoms with Gasteiger partial charge in [-0.3, -0.25) is 10.2 Å². The van der Waals surface area contributed by atoms with E-state index < -0.39 is 11.6 Å². The number of benzene rings is 4. The fraction of sp³-hybridized carbons (Fsp3) is 0.257. The Kier molecular flexibility index (Phi) is 10.7. The van der Waals surface area contributed by atoms with E-state index in [1.165, 1.54) is 0 Å². The zero-order valence-electron chi connectivity index (χ0n) is 25.2. The maximum atomic E-state index is 14.4. The Labute approximate surface area is 271 Å². The zero-order chi connectivity index (χ0) is 31.6. The highest BCUT2D eigenvalue weighted by Gasteiger charge is 2.53. The average Bonchev–Trinajstić information content (AvgIpc) is 3.47. The molecule has 1 aliphatic rings. The molecule has 0 saturated carbocycles. The number of halogens is 1. The molecule has 234 valence electrons. The number of amides is 1. The molecule has 1 heterocycles. The molecule has 0 bridgehead atoms. The molecule has 0 fully saturated rings. The smallest absolute Gasteiger partial charge is 0.266 e. The van der Waals surface area contributed by atoms with Crippen LogP contribution >= 0.6 is 15.9 Å². The summed E-state index contributed by atoms with van der Waals surface area (Å²) in [5.41, 5.74) is 7.86. The summed E-state index contributed by atoms with van der Waals surface area (Å²) >= 11 is 3.51. The molecule has 0 aliphatic carbocycles. The monoisotopic (exact) mass is 673 g/mol. The molecule has 0 unspecified atom stereocenters. The van der Waals surface area contributed by atoms with E-state index in [0.717, 1.165) is 21.2 Å². The van der Waals surface area contributed by atoms with Crippen LogP contribution in [0.5, 0.6) is 17.2 Å². The first kappa shape index (κ1) is 32.0. The summed E-state index contributed by atoms with van der Waals surface area (Å²) in [5, 5.41) is 9.07. The summed E-state index contributed by atoms with van der Waals surface area (Å²) in [6, 6.07) is 30.3. The summed E-state index contributed by atoms with van der Waals surface area (Å²) in [6.07, 6.45) is 0.0224. The van der Waals surface area contributed by atoms with Gasteiger partial charge in [0.1, 0.15) is 17.2 Å². The van der Waals surface area contributed by atoms with Crippen LogP contribution in [0.2, 0.25) is 0 Å². The van der Waals surface area contributed by atoms with E-state index in [1.807, 2.05) is 97.1 Å². The van der Waals surface area contributed by atoms with Crippen LogP contribution in [-0.4, -0.2) is 49.9 Å². The highest BCUT2D eigenvalue weighted by Crippen LogP contribution is 2.43. The number of hydrazine groups is 1. The van der Waals surface area contributed by atoms with Crippen molar-refractivity contribution in [3.05, 3.63) is 124 Å². The minimum Gasteiger partial charge on any atom is -0.497 e. The second kappa shape index (κ2) is 15.1. The Bertz CT molecular complexity index is 1610. The minimum absolute atomic E-state index is 0.0602. The number of nitrogens with zero attached hydrogens (tertiary/aromatic N) is 1. The highest BCUT2D eigenvalue weighted by atomic mass is 79.9. The van der Waals surface area contributed by atoms with Gasteiger partial charge in [0.05, 0.1) is 20.8 Å². The molecular formula is C35H36BrN3O6. The number of carbonyl (C=O) groups is 1. The number of methoxy groups -OCH3 is 2. The van der Waals surface area contributed by atoms with Crippen LogP contribution in [0.4, 0.5) is 0 Å². The van der Waals surface area contributed by atoms with Gasteiger partial charge in [0.25, 0.3) is 5.91 Å². The summed E-state index contributed by atoms with van der Waals surface area (Å²) < 4.78 is 24.2. The fourth-order valence-corrected chi connectivity index (χ4v) is 5.44. The number of aliphatic hydroxyl groups is 1. The third-order valence-electron chi connectivity index (χ3n) is 7.49. The Morgan fingerprint density at radius 1 is 0.956 bits per heavy atom. The van der Waals surface area contributed by atoms with Gasteiger partial charge < -0.3 is 24.1 Å². The van der Waals surface area contributed by atoms with Crippen molar-refractivity contribution in [2.75, 3.05) is 27.4 Å². The van der Waals surface area contributed by atoms with Gasteiger partial charge in [-0.25, -0.2) is 10.4 Å². The highest BCUT2D eigenvalue weighted by molar-refractivity contribution is 9.10. The molecule has 4 aromatic carbocycles. The number of aliphatic hydroxyl groups excluding tert-OH is 1. The third-order valence-corrected chi connectivity index (χ3v) is 8.02. The number of ether oxygens (including phenoxy) is 4. The third kappa shape index (κ3) is 7.65. The lowest BCUT2D eigenvalue weighted by Crippen LogP contribution is -2.53. The maximum Gasteiger partial charge on any atom is 0.266 e. The minimum atomic E-state index is -1.39. The van der Waals surface area contributed by atoms with Crippen LogP contribution in [-0.2, 0) is 22.5 Å². The van der Waals surface area contributed by atoms with Crippen LogP contribution in [0.25, 0.3) is 0 Å². The van der Waals surface area contributed by atoms with Crippen molar-refractivity contribution >= 4 is 27.7 Å². The second-order valence-electron chi connectivity index (χ2n) is 10.5. The number of para-hydroxylation sites is 1. The van der Waals surface area contributed by atoms with Crippen molar-refractivity contribution < 1.29 is 28.8 Å². The molecule has 0 radical (unpaired) electrons. The van der Waals surface area contributed by atoms with Gasteiger partial charge in [-0.15, -0.1) is 0 Å². The first-order chi connectivity index (χ1) is 22.0. The van der Waals surface area contributed by atoms with Crippen molar-refractivity contribution in [1.29, 1.82) is 0 Å². The van der Waals surface area contributed by atoms with Crippen LogP contribution in [0.1, 0.15) is 34.8 Å². The molecule has 0 aromatic heterocycles. The number of nitrogens with one attached hydrogen (secondary N) is 2. The SMILES string of the molecule is COc1cccc([C@@H]2OC(c3ccc(OCCCO)cc3)=N[C@]2(Cc2ccc(Br)cc2)C(=O)NNCc2ccccc2OC)c1. The van der Waals surface area contributed by atoms with Gasteiger partial charge in [-0.2, -0.15) is 0 Å². The summed E-state index contributed by atoms with van der Waals surface area (Å²) in [4.78, 5) is 19.5. The van der Waals surface area contributed by atoms with Crippen molar-refractivity contribution in [2.24, 2.45) is 4.99 Å². The molecule has 9 nitrogen and oxygen atoms in total. The van der Waals surface area contributed by atoms with Crippen LogP contribution in [0.15, 0.2) is 107 Å². The Hall–Kier alpha value is -4.38. The first-order valence-electron chi connectivity index (χ1n) is 14.6. The number of hydrogen-bond donors (Lipinski definition) is 3. The molecule has 2 atom stereocenters. The largest absolute Gasteiger partial charge is 0.497 e. The molecule has 0 spiro atoms. The topological polar surface area (TPSA) is 111 Å². The Morgan fingerprint density at radius 2 is 1.73 bits per heavy atom. The molecule has 10 heteroatoms. The number of rotatable bonds is 14. The maximum absolute atomic E-state index is 14.4. The van der Waals surface area contributed by atoms with Crippen molar-refractivity contribution in [3.8, 4) is 17.2 Å². The van der Waals surface area contributed by atoms with Crippen molar-refractivity contribution in [1.82, 2.24) is 10.9 Å². The van der Waals surface area contributed by atoms with Gasteiger partial charge >= 0.3 is 0 Å². The van der Waals surface area contributed by atoms with E-state index in [1.54, 1.807) is 14.2 Å². The van der Waals surface area contributed by atoms with Crippen molar-refractivity contribution in [3.63, 3.8) is 0 Å². The standard InChI is InChI=1S/C35H36BrN3O6/c1-42-30-9-5-8-26(21-30)32-35(22-24-11-15-28(36)16-12-24,34(41)39-37-23-27-7-3-4-10-31(27)43-2)38-33(45-32)25-13-17-29(18-14-25)44-20-6-19-40/h3-5,7-18,21,32,37,40H,6,19-20,22-23H2,1-2H3,(H,39,41)/t32-,35-/m0/s1. The van der Waals surface area contributed by atoms with Crippen LogP contribution < -0.4 is 25.1 Å². The quantitative estimate of drug-likeness (QED) is 0.119. The molecule has 1 aliphatic heterocycles. The summed E-state index contributed by atoms with van der Waals surface area (Å²) in [5.74, 6) is 2.00. The summed E-state index contributed by atoms with van der Waals surface area (Å²) in [6.45, 7) is 0.803. The number of hydrogen-bond acceptors (Lipinski definition) is 8. The zero-order valence-corrected chi connectivity index (χ0v) is 26.8. The van der Waals surface area contributed by atoms with Gasteiger partial charge in [-0.05, 0) is 65.7 Å². The molecule has 0 saturated heterocycles. The Balaban J connectivity index is 1.53. The van der Waals surface area contributed by atoms with E-state index in [2.05, 4.69) is 26.8 Å². The van der Waals surface area contributed by atoms with Gasteiger partial charge in [-0.1, -0.05) is 58.4 Å². The lowest BCUT2D eigenvalue weighted by Gasteiger charge is -2.31. The van der Waals surface area contributed by atoms with E-state index in [4.69, 9.17) is 29.0 Å². The van der Waals surface area contributed by atoms with E-state index >= 15 is 0 Å². The lowest BCUT2D eigenvalue weighted by molar-refractivity contribution is -0.130. The van der Waals surface area contributed by atoms with E-state index in [9.17, 15) is 4.79 Å². The van der Waals surface area contributed by atoms with E-state index in [-0.39, 0.29) is 18.9 Å². The molecule has 3 N–H and O–H groups in total. The fourth-order valence-electron chi connectivity index (χ4n) is 5.18. The van der Waals surface area contributed by atoms with Gasteiger partial charge in [0.15, 0.2) is 11.6 Å². The van der Waals surface area contributed by atoms with Crippen molar-refractivity contribution in [2.45, 2.75) is 31.0 Å². The number of carbonyl (C=O) groups excluding carboxylic acids is 1. The molecular weight excluding hydrogens is 638 g/mol. The van der Waals surface area contributed by atoms with Crippen LogP contribution in [0.3, 0.4) is 0 Å². The molecule has 1 amide bonds. The lowest BCUT2D eigenvalue weighted by atomic mass is 9.82. The first-order valence-corrected chi connectivity index (χ1v) is 15.4. The van der Waals surface area contributed by atoms with Gasteiger partial charge in [0, 0.05) is 41.6 Å². The predicted octanol–water partition coefficient (Wildman–Crippen LogP) is 5.55. The molecule has 4 aromatic rings. The normalized spacial score (nSPS) is 17.2.